The third-order valence-corrected chi connectivity index (χ3v) is 30.6. The van der Waals surface area contributed by atoms with Crippen molar-refractivity contribution in [2.24, 2.45) is 5.73 Å². The number of hydroxylamine groups is 1. The third kappa shape index (κ3) is 31.1. The van der Waals surface area contributed by atoms with Gasteiger partial charge in [0, 0.05) is 90.1 Å². The summed E-state index contributed by atoms with van der Waals surface area (Å²) >= 11 is 9.63. The van der Waals surface area contributed by atoms with Crippen molar-refractivity contribution in [2.45, 2.75) is 250 Å². The molecule has 11 rings (SSSR count). The van der Waals surface area contributed by atoms with Gasteiger partial charge in [-0.3, -0.25) is 53.3 Å². The minimum atomic E-state index is -2.19. The van der Waals surface area contributed by atoms with Gasteiger partial charge in [-0.2, -0.15) is 5.48 Å². The van der Waals surface area contributed by atoms with Gasteiger partial charge >= 0.3 is 12.2 Å². The van der Waals surface area contributed by atoms with Crippen LogP contribution in [0.3, 0.4) is 0 Å². The van der Waals surface area contributed by atoms with E-state index >= 15 is 0 Å². The molecule has 50 heteroatoms. The monoisotopic (exact) mass is 2320 g/mol. The summed E-state index contributed by atoms with van der Waals surface area (Å²) in [5, 5.41) is 66.1. The predicted octanol–water partition coefficient (Wildman–Crippen LogP) is 4.75. The number of alkyl halides is 2. The number of carbonyl (C=O) groups excluding carboxylic acids is 11. The zero-order valence-corrected chi connectivity index (χ0v) is 89.7. The van der Waals surface area contributed by atoms with Crippen molar-refractivity contribution in [1.29, 1.82) is 0 Å². The number of anilines is 1. The van der Waals surface area contributed by atoms with E-state index in [4.69, 9.17) is 86.4 Å². The van der Waals surface area contributed by atoms with Gasteiger partial charge in [0.15, 0.2) is 48.0 Å². The van der Waals surface area contributed by atoms with Gasteiger partial charge < -0.3 is 139 Å². The zero-order valence-electron chi connectivity index (χ0n) is 81.9. The fourth-order valence-corrected chi connectivity index (χ4v) is 21.0. The Hall–Kier alpha value is -9.03. The number of Topliss-reactive ketones (excluding diaryl/α,β-unsaturated/α-hetero) is 1. The molecule has 2 aliphatic carbocycles. The predicted molar refractivity (Wildman–Crippen MR) is 540 cm³/mol. The summed E-state index contributed by atoms with van der Waals surface area (Å²) in [5.41, 5.74) is 10.1. The van der Waals surface area contributed by atoms with E-state index in [0.717, 1.165) is 30.3 Å². The van der Waals surface area contributed by atoms with Crippen molar-refractivity contribution in [3.05, 3.63) is 115 Å². The normalized spacial score (nSPS) is 26.4. The minimum Gasteiger partial charge on any atom is -0.492 e. The molecule has 22 atom stereocenters. The van der Waals surface area contributed by atoms with Gasteiger partial charge in [-0.05, 0) is 118 Å². The second-order valence-electron chi connectivity index (χ2n) is 35.1. The number of fused-ring (bicyclic) bond motifs is 4. The van der Waals surface area contributed by atoms with Crippen LogP contribution < -0.4 is 62.6 Å². The number of primary amides is 1. The van der Waals surface area contributed by atoms with E-state index in [1.165, 1.54) is 94.4 Å². The number of thioether (sulfide) groups is 1. The number of aromatic nitrogens is 2. The van der Waals surface area contributed by atoms with Crippen LogP contribution in [0.5, 0.6) is 17.2 Å². The number of ketones is 1. The number of nitrogens with two attached hydrogens (primary N) is 1. The molecule has 1 aromatic heterocycles. The lowest BCUT2D eigenvalue weighted by atomic mass is 9.75. The van der Waals surface area contributed by atoms with Crippen LogP contribution in [0, 0.1) is 34.2 Å². The number of hydrogen-bond donors (Lipinski definition) is 13. The number of rotatable bonds is 46. The van der Waals surface area contributed by atoms with Gasteiger partial charge in [-0.15, -0.1) is 0 Å². The molecule has 145 heavy (non-hydrogen) atoms. The van der Waals surface area contributed by atoms with E-state index in [2.05, 4.69) is 108 Å². The first-order valence-corrected chi connectivity index (χ1v) is 52.8. The molecule has 0 radical (unpaired) electrons. The average Bonchev–Trinajstić information content (AvgIpc) is 1.74. The Morgan fingerprint density at radius 1 is 0.766 bits per heavy atom. The maximum absolute atomic E-state index is 14.7. The molecule has 9 amide bonds. The number of likely N-dealkylation sites (N-methyl/N-ethyl adjacent to an activating group) is 1. The first-order chi connectivity index (χ1) is 69.2. The van der Waals surface area contributed by atoms with Gasteiger partial charge in [-0.1, -0.05) is 128 Å². The van der Waals surface area contributed by atoms with E-state index < -0.39 is 211 Å². The highest BCUT2D eigenvalue weighted by Gasteiger charge is 2.59. The number of amides is 9. The maximum atomic E-state index is 14.7. The largest absolute Gasteiger partial charge is 0.492 e. The van der Waals surface area contributed by atoms with Gasteiger partial charge in [0.2, 0.25) is 52.6 Å². The molecule has 4 aromatic rings. The molecule has 5 saturated heterocycles. The number of epoxide rings is 1. The van der Waals surface area contributed by atoms with Gasteiger partial charge in [-0.25, -0.2) is 19.6 Å². The number of aliphatic hydroxyl groups is 4. The molecule has 792 valence electrons. The van der Waals surface area contributed by atoms with E-state index in [0.29, 0.717) is 42.0 Å². The molecule has 17 unspecified atom stereocenters. The lowest BCUT2D eigenvalue weighted by Crippen LogP contribution is -2.65. The van der Waals surface area contributed by atoms with Crippen LogP contribution in [0.4, 0.5) is 15.3 Å². The molecule has 7 aliphatic rings. The molecule has 14 N–H and O–H groups in total. The summed E-state index contributed by atoms with van der Waals surface area (Å²) in [7, 11) is 9.61. The molecular weight excluding hydrogens is 2200 g/mol. The topological polar surface area (TPSA) is 580 Å². The first kappa shape index (κ1) is 116. The SMILES string of the molecule is CCN(C(=O)CNC(=O)OCc1ccc(NC(=O)[C@H](CC(N)=O)NC(=O)[C@H](C)NC(=O)[C@H](C)NC(=O)CCOCCOCCNC(=O)c2ccc3nc(CBr)c(CBr)nc3c2)cc1)C1COC(OC2C(O[C@H]3C#C/C=C\C#C[C@]4(O)CC(=O)C(NC(=O)OC)=C3/C4=C\CSSC(C)(C)C)OC(C)C(NOC3CC(O)C(SC(=O)c4c(C)c(I)c(OC5OC6OC6C(OC)C5O)c(OC)c4OC)C(C)O3)C2O)CC1OC. The molecule has 0 saturated carbocycles. The molecule has 5 aliphatic heterocycles. The fraction of sp³-hybridized carbons (Fsp3) is 0.568. The number of benzene rings is 3. The Balaban J connectivity index is 0.677. The maximum Gasteiger partial charge on any atom is 0.411 e. The second kappa shape index (κ2) is 54.4. The number of carbonyl (C=O) groups is 11. The van der Waals surface area contributed by atoms with Crippen LogP contribution in [-0.2, 0) is 117 Å². The van der Waals surface area contributed by atoms with Gasteiger partial charge in [0.25, 0.3) is 5.91 Å². The average molecular weight is 2330 g/mol. The molecule has 2 bridgehead atoms. The van der Waals surface area contributed by atoms with Crippen LogP contribution in [0.2, 0.25) is 0 Å². The lowest BCUT2D eigenvalue weighted by molar-refractivity contribution is -0.337. The quantitative estimate of drug-likeness (QED) is 0.00540. The van der Waals surface area contributed by atoms with Crippen molar-refractivity contribution in [3.8, 4) is 40.9 Å². The number of halogens is 3. The number of nitrogens with one attached hydrogen (secondary N) is 8. The van der Waals surface area contributed by atoms with Crippen LogP contribution in [0.25, 0.3) is 11.0 Å². The number of nitrogens with zero attached hydrogens (tertiary/aromatic N) is 3. The fourth-order valence-electron chi connectivity index (χ4n) is 16.2. The third-order valence-electron chi connectivity index (χ3n) is 23.7. The molecular formula is C95H121Br2IN12O32S3. The zero-order chi connectivity index (χ0) is 105. The van der Waals surface area contributed by atoms with Crippen LogP contribution in [0.15, 0.2) is 77.5 Å². The number of alkyl carbamates (subject to hydrolysis) is 2. The van der Waals surface area contributed by atoms with Gasteiger partial charge in [0.1, 0.15) is 67.9 Å². The molecule has 0 spiro atoms. The smallest absolute Gasteiger partial charge is 0.411 e. The summed E-state index contributed by atoms with van der Waals surface area (Å²) in [6.45, 7) is 14.9. The van der Waals surface area contributed by atoms with Crippen molar-refractivity contribution in [2.75, 3.05) is 99.3 Å². The van der Waals surface area contributed by atoms with Crippen molar-refractivity contribution in [3.63, 3.8) is 0 Å². The number of hydrogen-bond acceptors (Lipinski definition) is 38. The number of aliphatic hydroxyl groups excluding tert-OH is 3. The summed E-state index contributed by atoms with van der Waals surface area (Å²) in [5.74, 6) is 6.21. The molecule has 6 heterocycles. The molecule has 3 aromatic carbocycles. The van der Waals surface area contributed by atoms with Crippen molar-refractivity contribution < 1.29 is 154 Å². The second-order valence-corrected chi connectivity index (χ2v) is 41.6. The van der Waals surface area contributed by atoms with Crippen LogP contribution in [0.1, 0.15) is 131 Å². The van der Waals surface area contributed by atoms with Crippen LogP contribution in [-0.4, -0.2) is 332 Å². The Morgan fingerprint density at radius 3 is 2.13 bits per heavy atom. The highest BCUT2D eigenvalue weighted by atomic mass is 127. The summed E-state index contributed by atoms with van der Waals surface area (Å²) in [6, 6.07) is 4.96. The summed E-state index contributed by atoms with van der Waals surface area (Å²) < 4.78 is 95.6. The number of allylic oxidation sites excluding steroid dienone is 3. The van der Waals surface area contributed by atoms with E-state index in [1.54, 1.807) is 62.8 Å². The van der Waals surface area contributed by atoms with Crippen molar-refractivity contribution >= 4 is 169 Å². The summed E-state index contributed by atoms with van der Waals surface area (Å²) in [6.07, 6.45) is -17.3. The number of ether oxygens (including phenoxy) is 16. The molecule has 44 nitrogen and oxygen atoms in total. The highest BCUT2D eigenvalue weighted by Crippen LogP contribution is 2.50. The standard InChI is InChI=1S/C95H121Br2IN12O32S3/c1-15-110(67(115)43-101-92(123)134-44-51-21-24-53(25-22-51)104-87(121)57(37-65(99)113)107-85(119)48(4)103-84(118)47(3)102-66(114)27-31-131-33-34-132-32-30-100-86(120)52-23-26-55-56(36-52)106-59(42-97)58(41-96)105-55)60-45-133-68(39-64(60)126-10)138-80-75(116)73(49(5)136-90(80)137-63-20-18-16-17-19-29-95(125)40-62(112)74(108-93(124)130-14)71(63)54(95)28-35-143-145-94(7,8)9)109-142-69-38-61(111)83(50(6)135-69)144-88(122)70-46(2)72(98)78(81(129-13)77(70)127-11)139-89-76(117)79(128-12)82-91(140-82)141-89/h16-17,21-26,28,36,47-50,57,60-61,63-64,68-69,73,75-76,79-80,82-83,89-91,109,111,116-117,125H,15,27,30-35,37-45H2,1-14H3,(H2,99,113)(H,100,120)(H,101,123)(H,102,114)(H,103,118)(H,104,121)(H,107,119)(H,108,124)/b17-16-,54-28+/t47-,48-,49?,50?,57-,60?,61?,63-,64?,68?,69?,73?,75?,76?,79?,80?,82?,83?,89?,90?,91?,95-/m0/s1. The Bertz CT molecular complexity index is 5550. The van der Waals surface area contributed by atoms with E-state index in [9.17, 15) is 73.2 Å². The lowest BCUT2D eigenvalue weighted by Gasteiger charge is -2.47. The first-order valence-electron chi connectivity index (χ1n) is 46.2. The number of methoxy groups -OCH3 is 5. The van der Waals surface area contributed by atoms with E-state index in [1.807, 2.05) is 43.4 Å². The Labute approximate surface area is 879 Å². The van der Waals surface area contributed by atoms with Crippen LogP contribution >= 0.6 is 87.8 Å². The van der Waals surface area contributed by atoms with Crippen molar-refractivity contribution in [1.82, 2.24) is 52.2 Å². The summed E-state index contributed by atoms with van der Waals surface area (Å²) in [4.78, 5) is 165. The van der Waals surface area contributed by atoms with Gasteiger partial charge in [0.05, 0.1) is 146 Å². The van der Waals surface area contributed by atoms with E-state index in [-0.39, 0.29) is 134 Å². The minimum absolute atomic E-state index is 0.0000127. The Kier molecular flexibility index (Phi) is 43.6. The molecule has 5 fully saturated rings. The highest BCUT2D eigenvalue weighted by molar-refractivity contribution is 14.1. The Morgan fingerprint density at radius 2 is 1.46 bits per heavy atom.